The number of nitrogens with zero attached hydrogens (tertiary/aromatic N) is 2. The molecular formula is C13H14N2. The summed E-state index contributed by atoms with van der Waals surface area (Å²) in [5.74, 6) is 1.25. The quantitative estimate of drug-likeness (QED) is 0.689. The maximum absolute atomic E-state index is 4.50. The third-order valence-electron chi connectivity index (χ3n) is 3.04. The van der Waals surface area contributed by atoms with E-state index in [1.165, 1.54) is 29.9 Å². The first kappa shape index (κ1) is 8.72. The van der Waals surface area contributed by atoms with Crippen LogP contribution in [0.1, 0.15) is 18.7 Å². The van der Waals surface area contributed by atoms with Gasteiger partial charge in [-0.1, -0.05) is 30.3 Å². The van der Waals surface area contributed by atoms with Crippen molar-refractivity contribution in [3.8, 4) is 11.3 Å². The van der Waals surface area contributed by atoms with E-state index in [0.717, 1.165) is 13.0 Å². The van der Waals surface area contributed by atoms with Gasteiger partial charge in [0.05, 0.1) is 11.9 Å². The van der Waals surface area contributed by atoms with Crippen molar-refractivity contribution < 1.29 is 0 Å². The van der Waals surface area contributed by atoms with Crippen LogP contribution < -0.4 is 0 Å². The molecule has 0 atom stereocenters. The third kappa shape index (κ3) is 1.46. The van der Waals surface area contributed by atoms with Gasteiger partial charge in [0.1, 0.15) is 5.82 Å². The minimum absolute atomic E-state index is 1.12. The molecule has 1 aromatic carbocycles. The summed E-state index contributed by atoms with van der Waals surface area (Å²) in [5.41, 5.74) is 2.54. The van der Waals surface area contributed by atoms with Crippen LogP contribution in [0.2, 0.25) is 0 Å². The predicted molar refractivity (Wildman–Crippen MR) is 60.6 cm³/mol. The van der Waals surface area contributed by atoms with E-state index in [0.29, 0.717) is 0 Å². The zero-order valence-electron chi connectivity index (χ0n) is 8.69. The molecule has 0 fully saturated rings. The normalized spacial score (nSPS) is 14.9. The van der Waals surface area contributed by atoms with Crippen LogP contribution in [0.5, 0.6) is 0 Å². The molecule has 0 aliphatic carbocycles. The van der Waals surface area contributed by atoms with Gasteiger partial charge in [-0.25, -0.2) is 4.98 Å². The van der Waals surface area contributed by atoms with E-state index in [9.17, 15) is 0 Å². The molecule has 1 aliphatic rings. The summed E-state index contributed by atoms with van der Waals surface area (Å²) in [4.78, 5) is 4.50. The molecule has 0 unspecified atom stereocenters. The number of aromatic nitrogens is 2. The Morgan fingerprint density at radius 2 is 1.93 bits per heavy atom. The second kappa shape index (κ2) is 3.54. The molecule has 2 heterocycles. The second-order valence-corrected chi connectivity index (χ2v) is 4.03. The fraction of sp³-hybridized carbons (Fsp3) is 0.308. The lowest BCUT2D eigenvalue weighted by Gasteiger charge is -2.16. The first-order valence-corrected chi connectivity index (χ1v) is 5.55. The van der Waals surface area contributed by atoms with E-state index in [1.54, 1.807) is 0 Å². The summed E-state index contributed by atoms with van der Waals surface area (Å²) >= 11 is 0. The molecule has 3 rings (SSSR count). The Balaban J connectivity index is 2.09. The molecule has 0 saturated heterocycles. The first-order chi connectivity index (χ1) is 7.45. The van der Waals surface area contributed by atoms with E-state index in [2.05, 4.69) is 39.9 Å². The summed E-state index contributed by atoms with van der Waals surface area (Å²) in [6.45, 7) is 1.12. The van der Waals surface area contributed by atoms with Crippen molar-refractivity contribution in [2.45, 2.75) is 25.8 Å². The Labute approximate surface area is 89.6 Å². The SMILES string of the molecule is c1ccc(-c2cnc3n2CCCC3)cc1. The molecule has 15 heavy (non-hydrogen) atoms. The maximum Gasteiger partial charge on any atom is 0.109 e. The monoisotopic (exact) mass is 198 g/mol. The zero-order valence-corrected chi connectivity index (χ0v) is 8.69. The summed E-state index contributed by atoms with van der Waals surface area (Å²) in [6.07, 6.45) is 5.71. The number of imidazole rings is 1. The van der Waals surface area contributed by atoms with Crippen molar-refractivity contribution >= 4 is 0 Å². The second-order valence-electron chi connectivity index (χ2n) is 4.03. The van der Waals surface area contributed by atoms with Crippen molar-refractivity contribution in [1.29, 1.82) is 0 Å². The minimum atomic E-state index is 1.12. The van der Waals surface area contributed by atoms with Gasteiger partial charge < -0.3 is 4.57 Å². The van der Waals surface area contributed by atoms with Gasteiger partial charge in [-0.3, -0.25) is 0 Å². The molecule has 2 aromatic rings. The molecule has 0 spiro atoms. The van der Waals surface area contributed by atoms with E-state index < -0.39 is 0 Å². The van der Waals surface area contributed by atoms with Crippen molar-refractivity contribution in [2.75, 3.05) is 0 Å². The van der Waals surface area contributed by atoms with E-state index in [1.807, 2.05) is 6.20 Å². The number of aryl methyl sites for hydroxylation is 1. The summed E-state index contributed by atoms with van der Waals surface area (Å²) in [7, 11) is 0. The van der Waals surface area contributed by atoms with Gasteiger partial charge in [-0.05, 0) is 18.4 Å². The smallest absolute Gasteiger partial charge is 0.109 e. The summed E-state index contributed by atoms with van der Waals surface area (Å²) in [6, 6.07) is 10.5. The third-order valence-corrected chi connectivity index (χ3v) is 3.04. The lowest BCUT2D eigenvalue weighted by Crippen LogP contribution is -2.11. The topological polar surface area (TPSA) is 17.8 Å². The molecule has 0 amide bonds. The van der Waals surface area contributed by atoms with E-state index in [-0.39, 0.29) is 0 Å². The first-order valence-electron chi connectivity index (χ1n) is 5.55. The molecule has 1 aromatic heterocycles. The van der Waals surface area contributed by atoms with Crippen LogP contribution in [0.15, 0.2) is 36.5 Å². The van der Waals surface area contributed by atoms with Crippen LogP contribution in [0, 0.1) is 0 Å². The molecule has 0 bridgehead atoms. The van der Waals surface area contributed by atoms with Gasteiger partial charge in [0, 0.05) is 13.0 Å². The van der Waals surface area contributed by atoms with Crippen molar-refractivity contribution in [3.05, 3.63) is 42.4 Å². The van der Waals surface area contributed by atoms with Gasteiger partial charge in [0.2, 0.25) is 0 Å². The highest BCUT2D eigenvalue weighted by Crippen LogP contribution is 2.24. The van der Waals surface area contributed by atoms with E-state index in [4.69, 9.17) is 0 Å². The Hall–Kier alpha value is -1.57. The van der Waals surface area contributed by atoms with E-state index >= 15 is 0 Å². The number of hydrogen-bond acceptors (Lipinski definition) is 1. The molecule has 0 radical (unpaired) electrons. The summed E-state index contributed by atoms with van der Waals surface area (Å²) < 4.78 is 2.36. The molecule has 76 valence electrons. The van der Waals surface area contributed by atoms with Gasteiger partial charge in [0.15, 0.2) is 0 Å². The highest BCUT2D eigenvalue weighted by atomic mass is 15.1. The number of fused-ring (bicyclic) bond motifs is 1. The average Bonchev–Trinajstić information content (AvgIpc) is 2.74. The Morgan fingerprint density at radius 3 is 2.80 bits per heavy atom. The Morgan fingerprint density at radius 1 is 1.07 bits per heavy atom. The predicted octanol–water partition coefficient (Wildman–Crippen LogP) is 2.89. The van der Waals surface area contributed by atoms with Crippen molar-refractivity contribution in [2.24, 2.45) is 0 Å². The maximum atomic E-state index is 4.50. The number of benzene rings is 1. The number of hydrogen-bond donors (Lipinski definition) is 0. The molecule has 0 saturated carbocycles. The molecule has 1 aliphatic heterocycles. The van der Waals surface area contributed by atoms with Crippen LogP contribution in [-0.4, -0.2) is 9.55 Å². The van der Waals surface area contributed by atoms with Gasteiger partial charge in [0.25, 0.3) is 0 Å². The van der Waals surface area contributed by atoms with Gasteiger partial charge >= 0.3 is 0 Å². The lowest BCUT2D eigenvalue weighted by atomic mass is 10.1. The average molecular weight is 198 g/mol. The van der Waals surface area contributed by atoms with Crippen LogP contribution in [0.25, 0.3) is 11.3 Å². The minimum Gasteiger partial charge on any atom is -0.328 e. The lowest BCUT2D eigenvalue weighted by molar-refractivity contribution is 0.526. The molecule has 0 N–H and O–H groups in total. The Kier molecular flexibility index (Phi) is 2.05. The van der Waals surface area contributed by atoms with Gasteiger partial charge in [-0.2, -0.15) is 0 Å². The van der Waals surface area contributed by atoms with Crippen LogP contribution in [-0.2, 0) is 13.0 Å². The largest absolute Gasteiger partial charge is 0.328 e. The molecular weight excluding hydrogens is 184 g/mol. The van der Waals surface area contributed by atoms with Crippen LogP contribution >= 0.6 is 0 Å². The number of rotatable bonds is 1. The standard InChI is InChI=1S/C13H14N2/c1-2-6-11(7-3-1)12-10-14-13-8-4-5-9-15(12)13/h1-3,6-7,10H,4-5,8-9H2. The van der Waals surface area contributed by atoms with Crippen molar-refractivity contribution in [3.63, 3.8) is 0 Å². The van der Waals surface area contributed by atoms with Gasteiger partial charge in [-0.15, -0.1) is 0 Å². The molecule has 2 nitrogen and oxygen atoms in total. The Bertz CT molecular complexity index is 457. The highest BCUT2D eigenvalue weighted by molar-refractivity contribution is 5.59. The van der Waals surface area contributed by atoms with Crippen LogP contribution in [0.3, 0.4) is 0 Å². The van der Waals surface area contributed by atoms with Crippen LogP contribution in [0.4, 0.5) is 0 Å². The zero-order chi connectivity index (χ0) is 10.1. The highest BCUT2D eigenvalue weighted by Gasteiger charge is 2.14. The van der Waals surface area contributed by atoms with Crippen molar-refractivity contribution in [1.82, 2.24) is 9.55 Å². The summed E-state index contributed by atoms with van der Waals surface area (Å²) in [5, 5.41) is 0. The fourth-order valence-electron chi connectivity index (χ4n) is 2.26. The molecule has 2 heteroatoms. The fourth-order valence-corrected chi connectivity index (χ4v) is 2.26.